The van der Waals surface area contributed by atoms with Crippen molar-refractivity contribution in [3.63, 3.8) is 0 Å². The third kappa shape index (κ3) is 650. The molecule has 0 heterocycles. The summed E-state index contributed by atoms with van der Waals surface area (Å²) >= 11 is 0. The van der Waals surface area contributed by atoms with Crippen LogP contribution in [0.25, 0.3) is 0 Å². The molecule has 0 amide bonds. The number of halogens is 1. The second-order valence-corrected chi connectivity index (χ2v) is 2.63. The summed E-state index contributed by atoms with van der Waals surface area (Å²) in [5.41, 5.74) is 0. The van der Waals surface area contributed by atoms with Gasteiger partial charge in [-0.25, -0.2) is 4.20 Å². The molecule has 0 aromatic heterocycles. The maximum Gasteiger partial charge on any atom is 1.00 e. The number of rotatable bonds is 0. The zero-order chi connectivity index (χ0) is 9.00. The second kappa shape index (κ2) is 8.95. The zero-order valence-electron chi connectivity index (χ0n) is 5.58. The van der Waals surface area contributed by atoms with Gasteiger partial charge in [-0.1, -0.05) is 0 Å². The molecule has 0 spiro atoms. The summed E-state index contributed by atoms with van der Waals surface area (Å²) in [4.78, 5) is 42.5. The average Bonchev–Trinajstić information content (AvgIpc) is 1.12. The summed E-state index contributed by atoms with van der Waals surface area (Å²) < 4.78 is 27.1. The Bertz CT molecular complexity index is 134. The fourth-order valence-corrected chi connectivity index (χ4v) is 0. The molecule has 12 heavy (non-hydrogen) atoms. The fraction of sp³-hybridized carbons (Fsp3) is 0. The van der Waals surface area contributed by atoms with Crippen molar-refractivity contribution in [2.45, 2.75) is 0 Å². The molecule has 0 rings (SSSR count). The maximum absolute atomic E-state index is 10.1. The third-order valence-corrected chi connectivity index (χ3v) is 0. The largest absolute Gasteiger partial charge is 1.00 e. The molecule has 7 nitrogen and oxygen atoms in total. The predicted octanol–water partition coefficient (Wildman–Crippen LogP) is -7.04. The van der Waals surface area contributed by atoms with E-state index in [9.17, 15) is 4.20 Å². The van der Waals surface area contributed by atoms with Crippen LogP contribution in [0.5, 0.6) is 0 Å². The van der Waals surface area contributed by atoms with Gasteiger partial charge in [-0.15, -0.1) is 0 Å². The van der Waals surface area contributed by atoms with Crippen molar-refractivity contribution >= 4 is 15.7 Å². The van der Waals surface area contributed by atoms with Crippen molar-refractivity contribution < 1.29 is 75.2 Å². The van der Waals surface area contributed by atoms with E-state index in [0.717, 1.165) is 0 Å². The Morgan fingerprint density at radius 2 is 0.917 bits per heavy atom. The van der Waals surface area contributed by atoms with E-state index >= 15 is 0 Å². The zero-order valence-corrected chi connectivity index (χ0v) is 8.76. The number of phosphoric acid groups is 1. The number of hydrogen-bond donors (Lipinski definition) is 0. The molecule has 1 radical (unpaired) electrons. The van der Waals surface area contributed by atoms with Crippen molar-refractivity contribution in [3.8, 4) is 0 Å². The standard InChI is InChI=1S/FH2O3P.Li.H3O4P.V/c1-5(2,3)4;;1-5(2,3)4;/h(H2,2,3,4);;(H3,1,2,3,4);/q;+1;;/p-5. The van der Waals surface area contributed by atoms with Gasteiger partial charge in [-0.2, -0.15) is 7.82 Å². The van der Waals surface area contributed by atoms with Gasteiger partial charge in [0, 0.05) is 18.6 Å². The molecule has 0 aromatic rings. The van der Waals surface area contributed by atoms with E-state index in [1.165, 1.54) is 0 Å². The van der Waals surface area contributed by atoms with Crippen LogP contribution in [0.4, 0.5) is 4.20 Å². The van der Waals surface area contributed by atoms with Crippen LogP contribution < -0.4 is 43.3 Å². The molecule has 0 aliphatic heterocycles. The Hall–Kier alpha value is 1.37. The molecule has 0 atom stereocenters. The Kier molecular flexibility index (Phi) is 17.4. The van der Waals surface area contributed by atoms with Crippen LogP contribution in [0.15, 0.2) is 0 Å². The van der Waals surface area contributed by atoms with Crippen molar-refractivity contribution in [1.29, 1.82) is 0 Å². The Labute approximate surface area is 91.0 Å². The van der Waals surface area contributed by atoms with E-state index in [1.54, 1.807) is 0 Å². The molecule has 69 valence electrons. The van der Waals surface area contributed by atoms with Gasteiger partial charge in [0.15, 0.2) is 0 Å². The first-order valence-corrected chi connectivity index (χ1v) is 4.34. The molecule has 0 unspecified atom stereocenters. The van der Waals surface area contributed by atoms with Crippen molar-refractivity contribution in [2.75, 3.05) is 0 Å². The average molecular weight is 251 g/mol. The summed E-state index contributed by atoms with van der Waals surface area (Å²) in [5.74, 6) is 0. The van der Waals surface area contributed by atoms with Gasteiger partial charge >= 0.3 is 18.9 Å². The van der Waals surface area contributed by atoms with E-state index in [2.05, 4.69) is 0 Å². The number of hydrogen-bond acceptors (Lipinski definition) is 7. The van der Waals surface area contributed by atoms with Gasteiger partial charge in [-0.05, 0) is 0 Å². The molecule has 0 saturated heterocycles. The quantitative estimate of drug-likeness (QED) is 0.306. The van der Waals surface area contributed by atoms with Crippen LogP contribution in [0.2, 0.25) is 0 Å². The molecule has 0 aromatic carbocycles. The van der Waals surface area contributed by atoms with Crippen LogP contribution in [0.1, 0.15) is 0 Å². The van der Waals surface area contributed by atoms with E-state index in [-0.39, 0.29) is 37.4 Å². The first-order chi connectivity index (χ1) is 4.00. The Balaban J connectivity index is -0.0000000457. The summed E-state index contributed by atoms with van der Waals surface area (Å²) in [6.45, 7) is 0. The smallest absolute Gasteiger partial charge is 0.822 e. The van der Waals surface area contributed by atoms with Crippen LogP contribution in [0.3, 0.4) is 0 Å². The van der Waals surface area contributed by atoms with Crippen molar-refractivity contribution in [1.82, 2.24) is 0 Å². The van der Waals surface area contributed by atoms with Crippen LogP contribution in [-0.4, -0.2) is 0 Å². The molecule has 0 aliphatic carbocycles. The van der Waals surface area contributed by atoms with E-state index in [1.807, 2.05) is 0 Å². The van der Waals surface area contributed by atoms with Gasteiger partial charge in [0.2, 0.25) is 0 Å². The van der Waals surface area contributed by atoms with Crippen LogP contribution in [-0.2, 0) is 27.7 Å². The molecular formula is FLiO7P2V-4. The monoisotopic (exact) mass is 251 g/mol. The minimum atomic E-state index is -5.64. The van der Waals surface area contributed by atoms with Crippen LogP contribution in [0, 0.1) is 0 Å². The molecule has 0 saturated carbocycles. The minimum absolute atomic E-state index is 0. The minimum Gasteiger partial charge on any atom is -0.822 e. The normalized spacial score (nSPS) is 9.83. The molecule has 0 fully saturated rings. The fourth-order valence-electron chi connectivity index (χ4n) is 0. The summed E-state index contributed by atoms with van der Waals surface area (Å²) in [7, 11) is -11.0. The summed E-state index contributed by atoms with van der Waals surface area (Å²) in [6.07, 6.45) is 0. The molecule has 12 heteroatoms. The molecule has 0 bridgehead atoms. The van der Waals surface area contributed by atoms with Gasteiger partial charge in [0.25, 0.3) is 0 Å². The summed E-state index contributed by atoms with van der Waals surface area (Å²) in [5, 5.41) is 0. The predicted molar refractivity (Wildman–Crippen MR) is 16.3 cm³/mol. The van der Waals surface area contributed by atoms with E-state index in [0.29, 0.717) is 0 Å². The second-order valence-electron chi connectivity index (χ2n) is 0.878. The van der Waals surface area contributed by atoms with Gasteiger partial charge < -0.3 is 33.6 Å². The summed E-state index contributed by atoms with van der Waals surface area (Å²) in [6, 6.07) is 0. The van der Waals surface area contributed by atoms with Gasteiger partial charge in [0.05, 0.1) is 0 Å². The van der Waals surface area contributed by atoms with Crippen LogP contribution >= 0.6 is 15.7 Å². The van der Waals surface area contributed by atoms with Gasteiger partial charge in [-0.3, -0.25) is 0 Å². The van der Waals surface area contributed by atoms with E-state index in [4.69, 9.17) is 33.6 Å². The molecule has 0 aliphatic rings. The maximum atomic E-state index is 10.1. The first kappa shape index (κ1) is 23.3. The Morgan fingerprint density at radius 3 is 0.917 bits per heavy atom. The Morgan fingerprint density at radius 1 is 0.917 bits per heavy atom. The SMILES string of the molecule is O=P([O-])([O-])F.O=P([O-])([O-])[O-].[Li+].[V]. The molecule has 0 N–H and O–H groups in total. The third-order valence-electron chi connectivity index (χ3n) is 0. The first-order valence-electron chi connectivity index (χ1n) is 1.45. The molecular weight excluding hydrogens is 251 g/mol. The van der Waals surface area contributed by atoms with Crippen molar-refractivity contribution in [3.05, 3.63) is 0 Å². The topological polar surface area (TPSA) is 149 Å². The van der Waals surface area contributed by atoms with E-state index < -0.39 is 15.7 Å². The van der Waals surface area contributed by atoms with Crippen molar-refractivity contribution in [2.24, 2.45) is 0 Å². The van der Waals surface area contributed by atoms with Gasteiger partial charge in [0.1, 0.15) is 7.91 Å².